The number of aliphatic hydroxyl groups is 1. The summed E-state index contributed by atoms with van der Waals surface area (Å²) >= 11 is 0. The molecule has 1 aliphatic rings. The predicted octanol–water partition coefficient (Wildman–Crippen LogP) is 3.03. The average Bonchev–Trinajstić information content (AvgIpc) is 2.91. The van der Waals surface area contributed by atoms with E-state index in [1.165, 1.54) is 0 Å². The SMILES string of the molecule is CCC(CC)COc1ccc(C2NC(=O)OC2C(C)O)cc1. The summed E-state index contributed by atoms with van der Waals surface area (Å²) in [7, 11) is 0. The van der Waals surface area contributed by atoms with Crippen molar-refractivity contribution in [2.75, 3.05) is 6.61 Å². The first-order valence-electron chi connectivity index (χ1n) is 7.93. The molecule has 0 spiro atoms. The van der Waals surface area contributed by atoms with Crippen molar-refractivity contribution in [1.82, 2.24) is 5.32 Å². The molecule has 1 aromatic carbocycles. The zero-order valence-electron chi connectivity index (χ0n) is 13.4. The van der Waals surface area contributed by atoms with Gasteiger partial charge in [0, 0.05) is 0 Å². The van der Waals surface area contributed by atoms with Gasteiger partial charge in [0.15, 0.2) is 6.10 Å². The number of nitrogens with one attached hydrogen (secondary N) is 1. The number of carbonyl (C=O) groups excluding carboxylic acids is 1. The van der Waals surface area contributed by atoms with E-state index in [1.807, 2.05) is 24.3 Å². The van der Waals surface area contributed by atoms with E-state index in [2.05, 4.69) is 19.2 Å². The van der Waals surface area contributed by atoms with Crippen LogP contribution < -0.4 is 10.1 Å². The number of benzene rings is 1. The van der Waals surface area contributed by atoms with E-state index in [-0.39, 0.29) is 6.04 Å². The number of carbonyl (C=O) groups is 1. The van der Waals surface area contributed by atoms with Crippen LogP contribution in [0.2, 0.25) is 0 Å². The van der Waals surface area contributed by atoms with Gasteiger partial charge in [-0.1, -0.05) is 38.8 Å². The molecule has 1 saturated heterocycles. The first-order valence-corrected chi connectivity index (χ1v) is 7.93. The summed E-state index contributed by atoms with van der Waals surface area (Å²) in [4.78, 5) is 11.4. The van der Waals surface area contributed by atoms with Crippen LogP contribution in [-0.2, 0) is 4.74 Å². The van der Waals surface area contributed by atoms with Gasteiger partial charge in [-0.25, -0.2) is 4.79 Å². The molecule has 122 valence electrons. The van der Waals surface area contributed by atoms with E-state index in [1.54, 1.807) is 6.92 Å². The maximum Gasteiger partial charge on any atom is 0.408 e. The summed E-state index contributed by atoms with van der Waals surface area (Å²) < 4.78 is 10.9. The average molecular weight is 307 g/mol. The second-order valence-electron chi connectivity index (χ2n) is 5.80. The molecular formula is C17H25NO4. The van der Waals surface area contributed by atoms with E-state index in [0.717, 1.165) is 24.2 Å². The molecule has 2 rings (SSSR count). The third-order valence-electron chi connectivity index (χ3n) is 4.20. The molecule has 2 N–H and O–H groups in total. The third-order valence-corrected chi connectivity index (χ3v) is 4.20. The molecule has 5 heteroatoms. The first-order chi connectivity index (χ1) is 10.5. The lowest BCUT2D eigenvalue weighted by molar-refractivity contribution is 0.0293. The van der Waals surface area contributed by atoms with Gasteiger partial charge in [0.2, 0.25) is 0 Å². The minimum Gasteiger partial charge on any atom is -0.493 e. The van der Waals surface area contributed by atoms with Crippen LogP contribution in [0.1, 0.15) is 45.2 Å². The van der Waals surface area contributed by atoms with Crippen molar-refractivity contribution in [2.24, 2.45) is 5.92 Å². The van der Waals surface area contributed by atoms with Crippen LogP contribution in [0.5, 0.6) is 5.75 Å². The van der Waals surface area contributed by atoms with Crippen LogP contribution in [0.15, 0.2) is 24.3 Å². The zero-order valence-corrected chi connectivity index (χ0v) is 13.4. The van der Waals surface area contributed by atoms with Crippen LogP contribution in [0.25, 0.3) is 0 Å². The molecular weight excluding hydrogens is 282 g/mol. The van der Waals surface area contributed by atoms with Crippen molar-refractivity contribution in [2.45, 2.75) is 51.9 Å². The highest BCUT2D eigenvalue weighted by Gasteiger charge is 2.38. The second kappa shape index (κ2) is 7.49. The van der Waals surface area contributed by atoms with Gasteiger partial charge in [-0.3, -0.25) is 0 Å². The van der Waals surface area contributed by atoms with Gasteiger partial charge >= 0.3 is 6.09 Å². The number of amides is 1. The smallest absolute Gasteiger partial charge is 0.408 e. The topological polar surface area (TPSA) is 67.8 Å². The Hall–Kier alpha value is -1.75. The van der Waals surface area contributed by atoms with Crippen molar-refractivity contribution in [3.05, 3.63) is 29.8 Å². The summed E-state index contributed by atoms with van der Waals surface area (Å²) in [6, 6.07) is 7.25. The van der Waals surface area contributed by atoms with Crippen molar-refractivity contribution in [3.63, 3.8) is 0 Å². The lowest BCUT2D eigenvalue weighted by atomic mass is 9.99. The van der Waals surface area contributed by atoms with Gasteiger partial charge in [-0.2, -0.15) is 0 Å². The molecule has 3 unspecified atom stereocenters. The van der Waals surface area contributed by atoms with E-state index < -0.39 is 18.3 Å². The summed E-state index contributed by atoms with van der Waals surface area (Å²) in [5.74, 6) is 1.39. The standard InChI is InChI=1S/C17H25NO4/c1-4-12(5-2)10-21-14-8-6-13(7-9-14)15-16(11(3)19)22-17(20)18-15/h6-9,11-12,15-16,19H,4-5,10H2,1-3H3,(H,18,20). The van der Waals surface area contributed by atoms with Gasteiger partial charge in [0.1, 0.15) is 5.75 Å². The first kappa shape index (κ1) is 16.6. The summed E-state index contributed by atoms with van der Waals surface area (Å²) in [6.07, 6.45) is 0.426. The molecule has 1 amide bonds. The highest BCUT2D eigenvalue weighted by atomic mass is 16.6. The quantitative estimate of drug-likeness (QED) is 0.812. The minimum absolute atomic E-state index is 0.333. The van der Waals surface area contributed by atoms with E-state index in [4.69, 9.17) is 9.47 Å². The zero-order chi connectivity index (χ0) is 16.1. The van der Waals surface area contributed by atoms with Gasteiger partial charge in [0.05, 0.1) is 18.8 Å². The Kier molecular flexibility index (Phi) is 5.66. The Balaban J connectivity index is 2.00. The molecule has 1 aliphatic heterocycles. The Bertz CT molecular complexity index is 482. The maximum absolute atomic E-state index is 11.4. The van der Waals surface area contributed by atoms with Crippen molar-refractivity contribution in [3.8, 4) is 5.75 Å². The van der Waals surface area contributed by atoms with Crippen molar-refractivity contribution in [1.29, 1.82) is 0 Å². The lowest BCUT2D eigenvalue weighted by Gasteiger charge is -2.20. The fourth-order valence-corrected chi connectivity index (χ4v) is 2.59. The second-order valence-corrected chi connectivity index (χ2v) is 5.80. The van der Waals surface area contributed by atoms with E-state index >= 15 is 0 Å². The number of hydrogen-bond donors (Lipinski definition) is 2. The van der Waals surface area contributed by atoms with Crippen LogP contribution in [0.3, 0.4) is 0 Å². The number of cyclic esters (lactones) is 1. The summed E-state index contributed by atoms with van der Waals surface area (Å²) in [5, 5.41) is 12.4. The highest BCUT2D eigenvalue weighted by Crippen LogP contribution is 2.28. The molecule has 1 heterocycles. The maximum atomic E-state index is 11.4. The van der Waals surface area contributed by atoms with Crippen LogP contribution in [0.4, 0.5) is 4.79 Å². The molecule has 5 nitrogen and oxygen atoms in total. The highest BCUT2D eigenvalue weighted by molar-refractivity contribution is 5.70. The number of hydrogen-bond acceptors (Lipinski definition) is 4. The van der Waals surface area contributed by atoms with Crippen LogP contribution in [-0.4, -0.2) is 30.0 Å². The minimum atomic E-state index is -0.727. The van der Waals surface area contributed by atoms with E-state index in [0.29, 0.717) is 12.5 Å². The number of alkyl carbamates (subject to hydrolysis) is 1. The van der Waals surface area contributed by atoms with E-state index in [9.17, 15) is 9.90 Å². The van der Waals surface area contributed by atoms with Crippen LogP contribution in [0, 0.1) is 5.92 Å². The molecule has 1 aromatic rings. The molecule has 0 radical (unpaired) electrons. The Labute approximate surface area is 131 Å². The van der Waals surface area contributed by atoms with Gasteiger partial charge in [-0.05, 0) is 30.5 Å². The summed E-state index contributed by atoms with van der Waals surface area (Å²) in [6.45, 7) is 6.66. The molecule has 0 aromatic heterocycles. The normalized spacial score (nSPS) is 22.3. The fraction of sp³-hybridized carbons (Fsp3) is 0.588. The molecule has 0 saturated carbocycles. The molecule has 22 heavy (non-hydrogen) atoms. The largest absolute Gasteiger partial charge is 0.493 e. The van der Waals surface area contributed by atoms with Crippen LogP contribution >= 0.6 is 0 Å². The van der Waals surface area contributed by atoms with Crippen molar-refractivity contribution < 1.29 is 19.4 Å². The van der Waals surface area contributed by atoms with Gasteiger partial charge < -0.3 is 19.9 Å². The molecule has 0 aliphatic carbocycles. The third kappa shape index (κ3) is 3.91. The molecule has 0 bridgehead atoms. The van der Waals surface area contributed by atoms with Gasteiger partial charge in [-0.15, -0.1) is 0 Å². The fourth-order valence-electron chi connectivity index (χ4n) is 2.59. The van der Waals surface area contributed by atoms with Crippen molar-refractivity contribution >= 4 is 6.09 Å². The monoisotopic (exact) mass is 307 g/mol. The molecule has 3 atom stereocenters. The Morgan fingerprint density at radius 1 is 1.27 bits per heavy atom. The molecule has 1 fully saturated rings. The van der Waals surface area contributed by atoms with Gasteiger partial charge in [0.25, 0.3) is 0 Å². The number of aliphatic hydroxyl groups excluding tert-OH is 1. The predicted molar refractivity (Wildman–Crippen MR) is 83.8 cm³/mol. The summed E-state index contributed by atoms with van der Waals surface area (Å²) in [5.41, 5.74) is 0.895. The lowest BCUT2D eigenvalue weighted by Crippen LogP contribution is -2.30. The Morgan fingerprint density at radius 2 is 1.91 bits per heavy atom. The number of ether oxygens (including phenoxy) is 2. The number of rotatable bonds is 7. The Morgan fingerprint density at radius 3 is 2.45 bits per heavy atom.